The standard InChI is InChI=1S/C27H29ClN4O8/c1-3-38-27(37-2)31(26(36)40-18-20-12-8-5-9-13-20)32-29-16-22(30-32)24(25(34)35)21(28)14-15-23(33)39-17-19-10-6-4-7-11-19/h4-13,16,27H,3,14-15,17-18H2,1-2H3,(H,34,35). The van der Waals surface area contributed by atoms with Gasteiger partial charge < -0.3 is 24.1 Å². The van der Waals surface area contributed by atoms with Gasteiger partial charge in [-0.3, -0.25) is 4.79 Å². The number of esters is 1. The van der Waals surface area contributed by atoms with Crippen molar-refractivity contribution in [3.05, 3.63) is 88.7 Å². The summed E-state index contributed by atoms with van der Waals surface area (Å²) < 4.78 is 21.3. The van der Waals surface area contributed by atoms with Gasteiger partial charge in [0.1, 0.15) is 24.5 Å². The number of methoxy groups -OCH3 is 1. The molecule has 3 rings (SSSR count). The lowest BCUT2D eigenvalue weighted by atomic mass is 10.1. The molecule has 0 aliphatic heterocycles. The number of aromatic nitrogens is 3. The second-order valence-corrected chi connectivity index (χ2v) is 8.57. The molecule has 2 aromatic carbocycles. The molecule has 1 aromatic heterocycles. The molecule has 0 bridgehead atoms. The molecule has 0 fully saturated rings. The van der Waals surface area contributed by atoms with Gasteiger partial charge in [-0.25, -0.2) is 9.59 Å². The summed E-state index contributed by atoms with van der Waals surface area (Å²) in [5, 5.41) is 18.6. The van der Waals surface area contributed by atoms with E-state index in [-0.39, 0.29) is 43.4 Å². The molecule has 40 heavy (non-hydrogen) atoms. The fourth-order valence-corrected chi connectivity index (χ4v) is 3.67. The van der Waals surface area contributed by atoms with Crippen molar-refractivity contribution >= 4 is 35.2 Å². The number of carbonyl (C=O) groups excluding carboxylic acids is 2. The zero-order valence-electron chi connectivity index (χ0n) is 21.9. The van der Waals surface area contributed by atoms with Crippen molar-refractivity contribution in [3.63, 3.8) is 0 Å². The molecule has 3 aromatic rings. The molecule has 212 valence electrons. The maximum atomic E-state index is 13.0. The van der Waals surface area contributed by atoms with E-state index in [9.17, 15) is 19.5 Å². The topological polar surface area (TPSA) is 142 Å². The minimum absolute atomic E-state index is 0.0562. The van der Waals surface area contributed by atoms with Gasteiger partial charge >= 0.3 is 18.0 Å². The number of hydrogen-bond acceptors (Lipinski definition) is 9. The highest BCUT2D eigenvalue weighted by molar-refractivity contribution is 6.38. The monoisotopic (exact) mass is 572 g/mol. The number of benzene rings is 2. The highest BCUT2D eigenvalue weighted by Gasteiger charge is 2.31. The van der Waals surface area contributed by atoms with Crippen LogP contribution in [0.4, 0.5) is 4.79 Å². The molecule has 0 radical (unpaired) electrons. The first-order valence-electron chi connectivity index (χ1n) is 12.2. The zero-order chi connectivity index (χ0) is 28.9. The van der Waals surface area contributed by atoms with Crippen molar-refractivity contribution in [2.24, 2.45) is 0 Å². The van der Waals surface area contributed by atoms with Crippen LogP contribution in [0.3, 0.4) is 0 Å². The summed E-state index contributed by atoms with van der Waals surface area (Å²) in [7, 11) is 1.30. The maximum Gasteiger partial charge on any atom is 0.436 e. The Morgan fingerprint density at radius 1 is 0.975 bits per heavy atom. The van der Waals surface area contributed by atoms with Crippen LogP contribution in [0.1, 0.15) is 36.6 Å². The average Bonchev–Trinajstić information content (AvgIpc) is 3.43. The highest BCUT2D eigenvalue weighted by Crippen LogP contribution is 2.24. The molecule has 13 heteroatoms. The number of halogens is 1. The molecule has 1 heterocycles. The van der Waals surface area contributed by atoms with Crippen molar-refractivity contribution in [1.82, 2.24) is 15.1 Å². The summed E-state index contributed by atoms with van der Waals surface area (Å²) in [6.07, 6.45) is -1.38. The molecule has 1 N–H and O–H groups in total. The minimum atomic E-state index is -1.40. The third-order valence-electron chi connectivity index (χ3n) is 5.31. The Kier molecular flexibility index (Phi) is 11.6. The number of hydrogen-bond donors (Lipinski definition) is 1. The molecular weight excluding hydrogens is 544 g/mol. The predicted octanol–water partition coefficient (Wildman–Crippen LogP) is 4.08. The van der Waals surface area contributed by atoms with Crippen LogP contribution in [0.5, 0.6) is 0 Å². The van der Waals surface area contributed by atoms with Gasteiger partial charge in [0.05, 0.1) is 12.6 Å². The van der Waals surface area contributed by atoms with Gasteiger partial charge in [-0.05, 0) is 24.5 Å². The molecule has 12 nitrogen and oxygen atoms in total. The number of carboxylic acid groups (broad SMARTS) is 1. The van der Waals surface area contributed by atoms with Crippen LogP contribution in [0.2, 0.25) is 0 Å². The average molecular weight is 573 g/mol. The van der Waals surface area contributed by atoms with Crippen LogP contribution in [0.25, 0.3) is 5.57 Å². The van der Waals surface area contributed by atoms with Crippen molar-refractivity contribution in [3.8, 4) is 0 Å². The van der Waals surface area contributed by atoms with E-state index in [1.807, 2.05) is 36.4 Å². The number of aliphatic carboxylic acids is 1. The van der Waals surface area contributed by atoms with Crippen molar-refractivity contribution < 1.29 is 38.4 Å². The summed E-state index contributed by atoms with van der Waals surface area (Å²) in [6.45, 7) is 1.89. The number of carbonyl (C=O) groups is 3. The molecule has 0 saturated carbocycles. The van der Waals surface area contributed by atoms with Gasteiger partial charge in [0, 0.05) is 18.7 Å². The number of allylic oxidation sites excluding steroid dienone is 1. The molecule has 0 spiro atoms. The SMILES string of the molecule is CCOC(OC)N(C(=O)OCc1ccccc1)n1ncc(C(C(=O)O)=C(Cl)CCC(=O)OCc2ccccc2)n1. The largest absolute Gasteiger partial charge is 0.478 e. The predicted molar refractivity (Wildman–Crippen MR) is 143 cm³/mol. The highest BCUT2D eigenvalue weighted by atomic mass is 35.5. The first-order chi connectivity index (χ1) is 19.3. The number of amides is 1. The molecule has 0 aliphatic carbocycles. The summed E-state index contributed by atoms with van der Waals surface area (Å²) >= 11 is 6.31. The molecule has 0 saturated heterocycles. The third-order valence-corrected chi connectivity index (χ3v) is 5.69. The lowest BCUT2D eigenvalue weighted by Gasteiger charge is -2.27. The van der Waals surface area contributed by atoms with Crippen molar-refractivity contribution in [2.45, 2.75) is 39.4 Å². The minimum Gasteiger partial charge on any atom is -0.478 e. The normalized spacial score (nSPS) is 12.3. The molecule has 1 unspecified atom stereocenters. The van der Waals surface area contributed by atoms with E-state index in [0.29, 0.717) is 0 Å². The third kappa shape index (κ3) is 8.63. The van der Waals surface area contributed by atoms with Gasteiger partial charge in [0.2, 0.25) is 0 Å². The quantitative estimate of drug-likeness (QED) is 0.170. The van der Waals surface area contributed by atoms with Crippen LogP contribution in [0, 0.1) is 0 Å². The molecule has 1 atom stereocenters. The molecule has 0 aliphatic rings. The second-order valence-electron chi connectivity index (χ2n) is 8.11. The Bertz CT molecular complexity index is 1300. The lowest BCUT2D eigenvalue weighted by molar-refractivity contribution is -0.145. The maximum absolute atomic E-state index is 13.0. The van der Waals surface area contributed by atoms with Gasteiger partial charge in [0.15, 0.2) is 0 Å². The van der Waals surface area contributed by atoms with Crippen LogP contribution >= 0.6 is 11.6 Å². The first-order valence-corrected chi connectivity index (χ1v) is 12.6. The van der Waals surface area contributed by atoms with Crippen molar-refractivity contribution in [2.75, 3.05) is 18.7 Å². The van der Waals surface area contributed by atoms with Gasteiger partial charge in [-0.15, -0.1) is 15.2 Å². The first kappa shape index (κ1) is 30.3. The van der Waals surface area contributed by atoms with E-state index < -0.39 is 30.0 Å². The Labute approximate surface area is 235 Å². The summed E-state index contributed by atoms with van der Waals surface area (Å²) in [6, 6.07) is 18.1. The van der Waals surface area contributed by atoms with E-state index in [4.69, 9.17) is 30.5 Å². The van der Waals surface area contributed by atoms with Crippen LogP contribution in [0.15, 0.2) is 71.9 Å². The van der Waals surface area contributed by atoms with Crippen molar-refractivity contribution in [1.29, 1.82) is 0 Å². The smallest absolute Gasteiger partial charge is 0.436 e. The Morgan fingerprint density at radius 2 is 1.57 bits per heavy atom. The number of carboxylic acids is 1. The Balaban J connectivity index is 1.76. The summed E-state index contributed by atoms with van der Waals surface area (Å²) in [4.78, 5) is 38.1. The fraction of sp³-hybridized carbons (Fsp3) is 0.296. The molecular formula is C27H29ClN4O8. The number of nitrogens with zero attached hydrogens (tertiary/aromatic N) is 4. The summed E-state index contributed by atoms with van der Waals surface area (Å²) in [5.41, 5.74) is 0.989. The van der Waals surface area contributed by atoms with Gasteiger partial charge in [-0.1, -0.05) is 77.2 Å². The van der Waals surface area contributed by atoms with E-state index in [2.05, 4.69) is 10.2 Å². The van der Waals surface area contributed by atoms with Gasteiger partial charge in [0.25, 0.3) is 6.41 Å². The lowest BCUT2D eigenvalue weighted by Crippen LogP contribution is -2.52. The Hall–Kier alpha value is -4.26. The zero-order valence-corrected chi connectivity index (χ0v) is 22.7. The van der Waals surface area contributed by atoms with Crippen LogP contribution < -0.4 is 5.01 Å². The van der Waals surface area contributed by atoms with Gasteiger partial charge in [-0.2, -0.15) is 0 Å². The van der Waals surface area contributed by atoms with Crippen LogP contribution in [-0.4, -0.2) is 58.4 Å². The number of ether oxygens (including phenoxy) is 4. The van der Waals surface area contributed by atoms with E-state index in [1.54, 1.807) is 31.2 Å². The van der Waals surface area contributed by atoms with E-state index >= 15 is 0 Å². The van der Waals surface area contributed by atoms with E-state index in [1.165, 1.54) is 7.11 Å². The second kappa shape index (κ2) is 15.4. The Morgan fingerprint density at radius 3 is 2.12 bits per heavy atom. The number of rotatable bonds is 14. The fourth-order valence-electron chi connectivity index (χ4n) is 3.39. The summed E-state index contributed by atoms with van der Waals surface area (Å²) in [5.74, 6) is -1.96. The van der Waals surface area contributed by atoms with Crippen LogP contribution in [-0.2, 0) is 41.8 Å². The van der Waals surface area contributed by atoms with E-state index in [0.717, 1.165) is 27.2 Å². The molecule has 1 amide bonds.